The number of phenolic OH excluding ortho intramolecular Hbond substituents is 1. The van der Waals surface area contributed by atoms with Crippen molar-refractivity contribution in [3.8, 4) is 17.1 Å². The smallest absolute Gasteiger partial charge is 0.246 e. The van der Waals surface area contributed by atoms with E-state index in [0.717, 1.165) is 53.8 Å². The molecule has 1 aromatic heterocycles. The number of fused-ring (bicyclic) bond motifs is 3. The number of nitrogens with one attached hydrogen (secondary N) is 1. The molecule has 0 radical (unpaired) electrons. The number of nitrogens with two attached hydrogens (primary N) is 1. The van der Waals surface area contributed by atoms with Crippen LogP contribution < -0.4 is 11.1 Å². The van der Waals surface area contributed by atoms with E-state index in [2.05, 4.69) is 10.5 Å². The van der Waals surface area contributed by atoms with Gasteiger partial charge in [-0.2, -0.15) is 0 Å². The lowest BCUT2D eigenvalue weighted by atomic mass is 9.89. The molecule has 7 nitrogen and oxygen atoms in total. The second-order valence-corrected chi connectivity index (χ2v) is 7.36. The molecular weight excluding hydrogens is 358 g/mol. The van der Waals surface area contributed by atoms with Crippen LogP contribution in [0.25, 0.3) is 11.3 Å². The number of benzene rings is 1. The van der Waals surface area contributed by atoms with E-state index in [1.165, 1.54) is 0 Å². The molecule has 1 aromatic carbocycles. The number of hydrogen-bond acceptors (Lipinski definition) is 5. The van der Waals surface area contributed by atoms with E-state index in [0.29, 0.717) is 30.5 Å². The fraction of sp³-hybridized carbons (Fsp3) is 0.381. The molecule has 2 aromatic rings. The van der Waals surface area contributed by atoms with Gasteiger partial charge in [-0.3, -0.25) is 9.59 Å². The monoisotopic (exact) mass is 381 g/mol. The van der Waals surface area contributed by atoms with E-state index in [-0.39, 0.29) is 18.1 Å². The molecule has 0 unspecified atom stereocenters. The zero-order valence-electron chi connectivity index (χ0n) is 15.6. The highest BCUT2D eigenvalue weighted by molar-refractivity contribution is 5.94. The third-order valence-electron chi connectivity index (χ3n) is 5.49. The number of primary amides is 1. The molecule has 0 saturated heterocycles. The zero-order chi connectivity index (χ0) is 19.7. The number of aromatic hydroxyl groups is 1. The predicted molar refractivity (Wildman–Crippen MR) is 102 cm³/mol. The summed E-state index contributed by atoms with van der Waals surface area (Å²) in [6, 6.07) is 5.23. The number of hydrogen-bond donors (Lipinski definition) is 3. The first kappa shape index (κ1) is 18.3. The Morgan fingerprint density at radius 1 is 1.18 bits per heavy atom. The van der Waals surface area contributed by atoms with Crippen molar-refractivity contribution in [2.75, 3.05) is 0 Å². The van der Waals surface area contributed by atoms with Crippen LogP contribution in [-0.2, 0) is 28.9 Å². The van der Waals surface area contributed by atoms with Crippen LogP contribution in [0.2, 0.25) is 0 Å². The van der Waals surface area contributed by atoms with Crippen LogP contribution in [0.1, 0.15) is 48.9 Å². The number of rotatable bonds is 5. The van der Waals surface area contributed by atoms with E-state index in [4.69, 9.17) is 10.3 Å². The maximum atomic E-state index is 12.4. The van der Waals surface area contributed by atoms with Crippen LogP contribution in [0, 0.1) is 0 Å². The Balaban J connectivity index is 1.45. The van der Waals surface area contributed by atoms with Gasteiger partial charge in [0.1, 0.15) is 5.75 Å². The number of carbonyl (C=O) groups excluding carboxylic acids is 2. The van der Waals surface area contributed by atoms with Crippen LogP contribution in [-0.4, -0.2) is 22.1 Å². The fourth-order valence-corrected chi connectivity index (χ4v) is 4.05. The van der Waals surface area contributed by atoms with Crippen LogP contribution in [0.3, 0.4) is 0 Å². The SMILES string of the molecule is NC(=O)C1=C(NC(=O)CCc2noc3c2CCc2cc(O)ccc2-3)CCCC1. The lowest BCUT2D eigenvalue weighted by Crippen LogP contribution is -2.29. The molecule has 0 aliphatic heterocycles. The lowest BCUT2D eigenvalue weighted by molar-refractivity contribution is -0.120. The van der Waals surface area contributed by atoms with Crippen LogP contribution in [0.4, 0.5) is 0 Å². The average Bonchev–Trinajstić information content (AvgIpc) is 3.09. The van der Waals surface area contributed by atoms with Crippen molar-refractivity contribution in [1.82, 2.24) is 10.5 Å². The highest BCUT2D eigenvalue weighted by Crippen LogP contribution is 2.37. The number of carbonyl (C=O) groups is 2. The van der Waals surface area contributed by atoms with Crippen molar-refractivity contribution in [2.24, 2.45) is 5.73 Å². The predicted octanol–water partition coefficient (Wildman–Crippen LogP) is 2.51. The van der Waals surface area contributed by atoms with Crippen molar-refractivity contribution in [2.45, 2.75) is 51.4 Å². The summed E-state index contributed by atoms with van der Waals surface area (Å²) in [5.41, 5.74) is 10.4. The van der Waals surface area contributed by atoms with Gasteiger partial charge in [0.05, 0.1) is 5.69 Å². The Hall–Kier alpha value is -3.09. The maximum Gasteiger partial charge on any atom is 0.246 e. The Morgan fingerprint density at radius 2 is 2.00 bits per heavy atom. The minimum Gasteiger partial charge on any atom is -0.508 e. The molecule has 0 saturated carbocycles. The van der Waals surface area contributed by atoms with E-state index >= 15 is 0 Å². The minimum absolute atomic E-state index is 0.145. The summed E-state index contributed by atoms with van der Waals surface area (Å²) in [6.45, 7) is 0. The Morgan fingerprint density at radius 3 is 2.82 bits per heavy atom. The van der Waals surface area contributed by atoms with Gasteiger partial charge in [0.25, 0.3) is 0 Å². The van der Waals surface area contributed by atoms with Gasteiger partial charge in [0, 0.05) is 35.2 Å². The van der Waals surface area contributed by atoms with E-state index in [1.807, 2.05) is 6.07 Å². The van der Waals surface area contributed by atoms with Gasteiger partial charge < -0.3 is 20.7 Å². The highest BCUT2D eigenvalue weighted by Gasteiger charge is 2.25. The van der Waals surface area contributed by atoms with Crippen molar-refractivity contribution in [3.63, 3.8) is 0 Å². The quantitative estimate of drug-likeness (QED) is 0.735. The Labute approximate surface area is 162 Å². The van der Waals surface area contributed by atoms with Gasteiger partial charge >= 0.3 is 0 Å². The van der Waals surface area contributed by atoms with Crippen molar-refractivity contribution >= 4 is 11.8 Å². The average molecular weight is 381 g/mol. The molecule has 1 heterocycles. The first-order valence-corrected chi connectivity index (χ1v) is 9.64. The third-order valence-corrected chi connectivity index (χ3v) is 5.49. The van der Waals surface area contributed by atoms with Crippen molar-refractivity contribution in [3.05, 3.63) is 46.3 Å². The van der Waals surface area contributed by atoms with Crippen molar-refractivity contribution in [1.29, 1.82) is 0 Å². The number of aromatic nitrogens is 1. The number of amides is 2. The second-order valence-electron chi connectivity index (χ2n) is 7.36. The van der Waals surface area contributed by atoms with Gasteiger partial charge in [0.15, 0.2) is 5.76 Å². The summed E-state index contributed by atoms with van der Waals surface area (Å²) in [5, 5.41) is 16.7. The molecule has 4 N–H and O–H groups in total. The second kappa shape index (κ2) is 7.50. The molecule has 28 heavy (non-hydrogen) atoms. The van der Waals surface area contributed by atoms with Gasteiger partial charge in [-0.15, -0.1) is 0 Å². The molecule has 4 rings (SSSR count). The van der Waals surface area contributed by atoms with Crippen LogP contribution in [0.15, 0.2) is 34.0 Å². The lowest BCUT2D eigenvalue weighted by Gasteiger charge is -2.19. The topological polar surface area (TPSA) is 118 Å². The summed E-state index contributed by atoms with van der Waals surface area (Å²) >= 11 is 0. The third kappa shape index (κ3) is 3.52. The number of allylic oxidation sites excluding steroid dienone is 1. The number of nitrogens with zero attached hydrogens (tertiary/aromatic N) is 1. The molecule has 0 fully saturated rings. The molecule has 146 valence electrons. The molecule has 0 spiro atoms. The van der Waals surface area contributed by atoms with E-state index in [1.54, 1.807) is 12.1 Å². The fourth-order valence-electron chi connectivity index (χ4n) is 4.05. The molecule has 2 aliphatic carbocycles. The van der Waals surface area contributed by atoms with Gasteiger partial charge in [-0.25, -0.2) is 0 Å². The van der Waals surface area contributed by atoms with Crippen LogP contribution >= 0.6 is 0 Å². The van der Waals surface area contributed by atoms with Gasteiger partial charge in [0.2, 0.25) is 11.8 Å². The normalized spacial score (nSPS) is 15.7. The largest absolute Gasteiger partial charge is 0.508 e. The summed E-state index contributed by atoms with van der Waals surface area (Å²) in [5.74, 6) is 0.368. The summed E-state index contributed by atoms with van der Waals surface area (Å²) in [7, 11) is 0. The highest BCUT2D eigenvalue weighted by atomic mass is 16.5. The minimum atomic E-state index is -0.453. The van der Waals surface area contributed by atoms with Gasteiger partial charge in [-0.1, -0.05) is 5.16 Å². The van der Waals surface area contributed by atoms with E-state index in [9.17, 15) is 14.7 Å². The summed E-state index contributed by atoms with van der Waals surface area (Å²) < 4.78 is 5.55. The van der Waals surface area contributed by atoms with Gasteiger partial charge in [-0.05, 0) is 62.3 Å². The molecule has 2 aliphatic rings. The van der Waals surface area contributed by atoms with E-state index < -0.39 is 5.91 Å². The first-order valence-electron chi connectivity index (χ1n) is 9.64. The molecular formula is C21H23N3O4. The standard InChI is InChI=1S/C21H23N3O4/c22-21(27)16-3-1-2-4-17(16)23-19(26)10-9-18-15-7-5-12-11-13(25)6-8-14(12)20(15)28-24-18/h6,8,11,25H,1-5,7,9-10H2,(H2,22,27)(H,23,26). The molecule has 7 heteroatoms. The molecule has 0 bridgehead atoms. The zero-order valence-corrected chi connectivity index (χ0v) is 15.6. The Bertz CT molecular complexity index is 974. The maximum absolute atomic E-state index is 12.4. The van der Waals surface area contributed by atoms with Crippen molar-refractivity contribution < 1.29 is 19.2 Å². The molecule has 2 amide bonds. The summed E-state index contributed by atoms with van der Waals surface area (Å²) in [4.78, 5) is 23.9. The first-order chi connectivity index (χ1) is 13.5. The number of phenols is 1. The number of aryl methyl sites for hydroxylation is 2. The summed E-state index contributed by atoms with van der Waals surface area (Å²) in [6.07, 6.45) is 5.45. The Kier molecular flexibility index (Phi) is 4.90. The molecule has 0 atom stereocenters. The van der Waals surface area contributed by atoms with Crippen LogP contribution in [0.5, 0.6) is 5.75 Å².